The average molecular weight is 286 g/mol. The smallest absolute Gasteiger partial charge is 0.0687 e. The Kier molecular flexibility index (Phi) is 7.45. The van der Waals surface area contributed by atoms with E-state index in [0.29, 0.717) is 17.8 Å². The third-order valence-corrected chi connectivity index (χ3v) is 4.26. The molecule has 1 nitrogen and oxygen atoms in total. The molecule has 1 aromatic carbocycles. The lowest BCUT2D eigenvalue weighted by Gasteiger charge is -2.27. The van der Waals surface area contributed by atoms with Gasteiger partial charge >= 0.3 is 0 Å². The van der Waals surface area contributed by atoms with Crippen LogP contribution in [0.3, 0.4) is 0 Å². The van der Waals surface area contributed by atoms with Crippen molar-refractivity contribution < 1.29 is 5.11 Å². The minimum absolute atomic E-state index is 0.0829. The number of aliphatic hydroxyl groups is 1. The fourth-order valence-corrected chi connectivity index (χ4v) is 2.92. The van der Waals surface area contributed by atoms with E-state index in [0.717, 1.165) is 5.56 Å². The molecule has 21 heavy (non-hydrogen) atoms. The number of aliphatic hydroxyl groups excluding tert-OH is 1. The zero-order valence-corrected chi connectivity index (χ0v) is 14.0. The van der Waals surface area contributed by atoms with Crippen LogP contribution >= 0.6 is 0 Å². The SMILES string of the molecule is C=C/C=C\c1c(CO)cccc1C(CC(C)C)C(C)CC. The first-order valence-electron chi connectivity index (χ1n) is 8.06. The second-order valence-electron chi connectivity index (χ2n) is 6.29. The van der Waals surface area contributed by atoms with E-state index in [1.165, 1.54) is 24.0 Å². The summed E-state index contributed by atoms with van der Waals surface area (Å²) in [6.07, 6.45) is 8.19. The molecule has 0 heterocycles. The number of benzene rings is 1. The van der Waals surface area contributed by atoms with Gasteiger partial charge in [-0.15, -0.1) is 0 Å². The fourth-order valence-electron chi connectivity index (χ4n) is 2.92. The highest BCUT2D eigenvalue weighted by Gasteiger charge is 2.22. The molecule has 0 aromatic heterocycles. The topological polar surface area (TPSA) is 20.2 Å². The molecule has 1 heteroatoms. The van der Waals surface area contributed by atoms with Gasteiger partial charge in [-0.05, 0) is 40.9 Å². The number of rotatable bonds is 8. The van der Waals surface area contributed by atoms with Crippen molar-refractivity contribution >= 4 is 6.08 Å². The van der Waals surface area contributed by atoms with Crippen LogP contribution in [0.15, 0.2) is 36.9 Å². The van der Waals surface area contributed by atoms with E-state index in [9.17, 15) is 5.11 Å². The maximum atomic E-state index is 9.64. The molecule has 0 fully saturated rings. The molecule has 0 aliphatic rings. The van der Waals surface area contributed by atoms with E-state index in [4.69, 9.17) is 0 Å². The minimum atomic E-state index is 0.0829. The highest BCUT2D eigenvalue weighted by molar-refractivity contribution is 5.60. The Hall–Kier alpha value is -1.34. The number of hydrogen-bond donors (Lipinski definition) is 1. The predicted molar refractivity (Wildman–Crippen MR) is 93.2 cm³/mol. The van der Waals surface area contributed by atoms with E-state index >= 15 is 0 Å². The van der Waals surface area contributed by atoms with Crippen molar-refractivity contribution in [2.45, 2.75) is 53.1 Å². The van der Waals surface area contributed by atoms with Gasteiger partial charge in [0.15, 0.2) is 0 Å². The van der Waals surface area contributed by atoms with Crippen LogP contribution in [0.4, 0.5) is 0 Å². The van der Waals surface area contributed by atoms with E-state index < -0.39 is 0 Å². The molecule has 0 bridgehead atoms. The molecule has 1 N–H and O–H groups in total. The Morgan fingerprint density at radius 1 is 1.24 bits per heavy atom. The van der Waals surface area contributed by atoms with Gasteiger partial charge in [-0.1, -0.05) is 77.1 Å². The van der Waals surface area contributed by atoms with Gasteiger partial charge in [0.2, 0.25) is 0 Å². The third-order valence-electron chi connectivity index (χ3n) is 4.26. The molecule has 0 amide bonds. The van der Waals surface area contributed by atoms with Gasteiger partial charge < -0.3 is 5.11 Å². The second-order valence-corrected chi connectivity index (χ2v) is 6.29. The van der Waals surface area contributed by atoms with Crippen LogP contribution in [0.2, 0.25) is 0 Å². The molecule has 0 saturated carbocycles. The summed E-state index contributed by atoms with van der Waals surface area (Å²) in [5, 5.41) is 9.64. The Morgan fingerprint density at radius 2 is 1.95 bits per heavy atom. The van der Waals surface area contributed by atoms with Crippen LogP contribution in [-0.4, -0.2) is 5.11 Å². The first-order chi connectivity index (χ1) is 10.0. The van der Waals surface area contributed by atoms with Gasteiger partial charge in [-0.2, -0.15) is 0 Å². The van der Waals surface area contributed by atoms with Gasteiger partial charge in [-0.3, -0.25) is 0 Å². The largest absolute Gasteiger partial charge is 0.392 e. The zero-order chi connectivity index (χ0) is 15.8. The molecule has 2 atom stereocenters. The monoisotopic (exact) mass is 286 g/mol. The predicted octanol–water partition coefficient (Wildman–Crippen LogP) is 5.55. The van der Waals surface area contributed by atoms with Crippen LogP contribution in [0.25, 0.3) is 6.08 Å². The Labute approximate surface area is 130 Å². The summed E-state index contributed by atoms with van der Waals surface area (Å²) in [4.78, 5) is 0. The summed E-state index contributed by atoms with van der Waals surface area (Å²) in [5.41, 5.74) is 3.54. The quantitative estimate of drug-likeness (QED) is 0.621. The number of allylic oxidation sites excluding steroid dienone is 2. The van der Waals surface area contributed by atoms with Gasteiger partial charge in [0.05, 0.1) is 6.61 Å². The second kappa shape index (κ2) is 8.84. The molecule has 0 spiro atoms. The molecule has 0 saturated heterocycles. The highest BCUT2D eigenvalue weighted by Crippen LogP contribution is 2.36. The lowest BCUT2D eigenvalue weighted by Crippen LogP contribution is -2.14. The molecular weight excluding hydrogens is 256 g/mol. The van der Waals surface area contributed by atoms with Crippen molar-refractivity contribution in [1.29, 1.82) is 0 Å². The first-order valence-corrected chi connectivity index (χ1v) is 8.06. The Balaban J connectivity index is 3.34. The van der Waals surface area contributed by atoms with Crippen molar-refractivity contribution in [2.75, 3.05) is 0 Å². The van der Waals surface area contributed by atoms with Crippen LogP contribution in [-0.2, 0) is 6.61 Å². The lowest BCUT2D eigenvalue weighted by atomic mass is 9.77. The van der Waals surface area contributed by atoms with E-state index in [2.05, 4.69) is 52.5 Å². The normalized spacial score (nSPS) is 14.6. The fraction of sp³-hybridized carbons (Fsp3) is 0.500. The third kappa shape index (κ3) is 4.86. The standard InChI is InChI=1S/C20H30O/c1-6-8-11-18-17(14-21)10-9-12-19(18)20(13-15(3)4)16(5)7-2/h6,8-12,15-16,20-21H,1,7,13-14H2,2-5H3/b11-8-. The van der Waals surface area contributed by atoms with E-state index in [1.54, 1.807) is 6.08 Å². The molecular formula is C20H30O. The Morgan fingerprint density at radius 3 is 2.48 bits per heavy atom. The molecule has 0 radical (unpaired) electrons. The van der Waals surface area contributed by atoms with Gasteiger partial charge in [0, 0.05) is 0 Å². The lowest BCUT2D eigenvalue weighted by molar-refractivity contribution is 0.281. The van der Waals surface area contributed by atoms with Crippen molar-refractivity contribution in [3.63, 3.8) is 0 Å². The van der Waals surface area contributed by atoms with Crippen molar-refractivity contribution in [3.8, 4) is 0 Å². The van der Waals surface area contributed by atoms with Crippen molar-refractivity contribution in [2.24, 2.45) is 11.8 Å². The highest BCUT2D eigenvalue weighted by atomic mass is 16.3. The van der Waals surface area contributed by atoms with Crippen LogP contribution < -0.4 is 0 Å². The average Bonchev–Trinajstić information content (AvgIpc) is 2.49. The van der Waals surface area contributed by atoms with E-state index in [1.807, 2.05) is 12.1 Å². The van der Waals surface area contributed by atoms with Crippen LogP contribution in [0.5, 0.6) is 0 Å². The van der Waals surface area contributed by atoms with Crippen molar-refractivity contribution in [3.05, 3.63) is 53.6 Å². The zero-order valence-electron chi connectivity index (χ0n) is 14.0. The molecule has 116 valence electrons. The summed E-state index contributed by atoms with van der Waals surface area (Å²) in [6.45, 7) is 13.0. The summed E-state index contributed by atoms with van der Waals surface area (Å²) < 4.78 is 0. The van der Waals surface area contributed by atoms with Gasteiger partial charge in [0.1, 0.15) is 0 Å². The van der Waals surface area contributed by atoms with Gasteiger partial charge in [0.25, 0.3) is 0 Å². The molecule has 0 aliphatic carbocycles. The number of hydrogen-bond acceptors (Lipinski definition) is 1. The Bertz CT molecular complexity index is 471. The molecule has 1 rings (SSSR count). The first kappa shape index (κ1) is 17.7. The summed E-state index contributed by atoms with van der Waals surface area (Å²) in [5.74, 6) is 1.83. The maximum absolute atomic E-state index is 9.64. The van der Waals surface area contributed by atoms with Crippen molar-refractivity contribution in [1.82, 2.24) is 0 Å². The maximum Gasteiger partial charge on any atom is 0.0687 e. The summed E-state index contributed by atoms with van der Waals surface area (Å²) >= 11 is 0. The molecule has 2 unspecified atom stereocenters. The summed E-state index contributed by atoms with van der Waals surface area (Å²) in [7, 11) is 0. The summed E-state index contributed by atoms with van der Waals surface area (Å²) in [6, 6.07) is 6.30. The molecule has 0 aliphatic heterocycles. The van der Waals surface area contributed by atoms with Crippen LogP contribution in [0, 0.1) is 11.8 Å². The minimum Gasteiger partial charge on any atom is -0.392 e. The van der Waals surface area contributed by atoms with Gasteiger partial charge in [-0.25, -0.2) is 0 Å². The molecule has 1 aromatic rings. The van der Waals surface area contributed by atoms with Crippen LogP contribution in [0.1, 0.15) is 63.1 Å². The van der Waals surface area contributed by atoms with E-state index in [-0.39, 0.29) is 6.61 Å².